The van der Waals surface area contributed by atoms with Gasteiger partial charge in [-0.1, -0.05) is 38.5 Å². The van der Waals surface area contributed by atoms with Gasteiger partial charge < -0.3 is 5.73 Å². The van der Waals surface area contributed by atoms with Crippen LogP contribution in [0.15, 0.2) is 0 Å². The first-order chi connectivity index (χ1) is 6.43. The largest absolute Gasteiger partial charge is 0.330 e. The fraction of sp³-hybridized carbons (Fsp3) is 0.917. The molecule has 0 unspecified atom stereocenters. The van der Waals surface area contributed by atoms with Gasteiger partial charge in [-0.3, -0.25) is 0 Å². The van der Waals surface area contributed by atoms with Crippen LogP contribution in [0.1, 0.15) is 57.8 Å². The Kier molecular flexibility index (Phi) is 6.26. The van der Waals surface area contributed by atoms with Gasteiger partial charge in [-0.15, -0.1) is 0 Å². The van der Waals surface area contributed by atoms with Crippen LogP contribution in [0.2, 0.25) is 0 Å². The molecule has 1 rings (SSSR count). The van der Waals surface area contributed by atoms with Crippen molar-refractivity contribution in [1.29, 1.82) is 0 Å². The molecular formula is C12H24N. The Morgan fingerprint density at radius 1 is 1.00 bits per heavy atom. The van der Waals surface area contributed by atoms with E-state index in [9.17, 15) is 0 Å². The minimum Gasteiger partial charge on any atom is -0.330 e. The fourth-order valence-electron chi connectivity index (χ4n) is 2.22. The van der Waals surface area contributed by atoms with E-state index in [0.29, 0.717) is 0 Å². The maximum atomic E-state index is 5.45. The summed E-state index contributed by atoms with van der Waals surface area (Å²) >= 11 is 0. The van der Waals surface area contributed by atoms with Gasteiger partial charge in [-0.25, -0.2) is 0 Å². The van der Waals surface area contributed by atoms with Crippen molar-refractivity contribution in [1.82, 2.24) is 0 Å². The van der Waals surface area contributed by atoms with Crippen LogP contribution in [0.4, 0.5) is 0 Å². The van der Waals surface area contributed by atoms with Gasteiger partial charge in [0.25, 0.3) is 0 Å². The SMILES string of the molecule is NCCCCCCC1CC[CH]CC1. The maximum Gasteiger partial charge on any atom is -0.00773 e. The Morgan fingerprint density at radius 3 is 2.38 bits per heavy atom. The molecule has 0 aromatic carbocycles. The first-order valence-electron chi connectivity index (χ1n) is 5.95. The van der Waals surface area contributed by atoms with Crippen molar-refractivity contribution >= 4 is 0 Å². The summed E-state index contributed by atoms with van der Waals surface area (Å²) in [6.45, 7) is 0.873. The van der Waals surface area contributed by atoms with E-state index in [-0.39, 0.29) is 0 Å². The summed E-state index contributed by atoms with van der Waals surface area (Å²) < 4.78 is 0. The summed E-state index contributed by atoms with van der Waals surface area (Å²) in [4.78, 5) is 0. The normalized spacial score (nSPS) is 19.2. The molecule has 1 nitrogen and oxygen atoms in total. The Balaban J connectivity index is 1.86. The molecule has 0 aromatic heterocycles. The first kappa shape index (κ1) is 11.0. The molecule has 1 radical (unpaired) electrons. The van der Waals surface area contributed by atoms with Crippen LogP contribution in [0.5, 0.6) is 0 Å². The van der Waals surface area contributed by atoms with Gasteiger partial charge in [0, 0.05) is 0 Å². The van der Waals surface area contributed by atoms with Crippen molar-refractivity contribution in [2.75, 3.05) is 6.54 Å². The molecule has 1 aliphatic carbocycles. The molecule has 0 aromatic rings. The number of unbranched alkanes of at least 4 members (excludes halogenated alkanes) is 3. The average Bonchev–Trinajstić information content (AvgIpc) is 2.19. The molecule has 77 valence electrons. The molecule has 1 aliphatic rings. The second-order valence-corrected chi connectivity index (χ2v) is 4.30. The number of nitrogens with two attached hydrogens (primary N) is 1. The highest BCUT2D eigenvalue weighted by Gasteiger charge is 2.12. The molecule has 1 saturated carbocycles. The molecule has 2 N–H and O–H groups in total. The highest BCUT2D eigenvalue weighted by Crippen LogP contribution is 2.27. The molecule has 0 bridgehead atoms. The maximum absolute atomic E-state index is 5.45. The zero-order valence-electron chi connectivity index (χ0n) is 8.80. The number of rotatable bonds is 6. The van der Waals surface area contributed by atoms with Gasteiger partial charge in [0.05, 0.1) is 0 Å². The van der Waals surface area contributed by atoms with Crippen LogP contribution in [0.3, 0.4) is 0 Å². The van der Waals surface area contributed by atoms with Gasteiger partial charge in [0.2, 0.25) is 0 Å². The lowest BCUT2D eigenvalue weighted by molar-refractivity contribution is 0.365. The summed E-state index contributed by atoms with van der Waals surface area (Å²) in [5.74, 6) is 1.04. The van der Waals surface area contributed by atoms with Crippen molar-refractivity contribution in [2.45, 2.75) is 57.8 Å². The van der Waals surface area contributed by atoms with E-state index in [2.05, 4.69) is 6.42 Å². The van der Waals surface area contributed by atoms with Crippen LogP contribution >= 0.6 is 0 Å². The monoisotopic (exact) mass is 182 g/mol. The minimum atomic E-state index is 0.873. The molecule has 0 spiro atoms. The summed E-state index contributed by atoms with van der Waals surface area (Å²) in [7, 11) is 0. The van der Waals surface area contributed by atoms with Gasteiger partial charge in [-0.2, -0.15) is 0 Å². The average molecular weight is 182 g/mol. The van der Waals surface area contributed by atoms with Crippen molar-refractivity contribution in [3.63, 3.8) is 0 Å². The topological polar surface area (TPSA) is 26.0 Å². The summed E-state index contributed by atoms with van der Waals surface area (Å²) in [5, 5.41) is 0. The van der Waals surface area contributed by atoms with E-state index in [1.54, 1.807) is 0 Å². The van der Waals surface area contributed by atoms with Crippen LogP contribution < -0.4 is 5.73 Å². The van der Waals surface area contributed by atoms with E-state index in [0.717, 1.165) is 12.5 Å². The Bertz CT molecular complexity index is 106. The van der Waals surface area contributed by atoms with E-state index >= 15 is 0 Å². The quantitative estimate of drug-likeness (QED) is 0.627. The first-order valence-corrected chi connectivity index (χ1v) is 5.95. The summed E-state index contributed by atoms with van der Waals surface area (Å²) in [5.41, 5.74) is 5.45. The third-order valence-electron chi connectivity index (χ3n) is 3.12. The molecule has 1 heteroatoms. The van der Waals surface area contributed by atoms with Gasteiger partial charge in [0.15, 0.2) is 0 Å². The molecule has 0 atom stereocenters. The van der Waals surface area contributed by atoms with Crippen LogP contribution in [0.25, 0.3) is 0 Å². The zero-order chi connectivity index (χ0) is 9.36. The molecule has 0 amide bonds. The Morgan fingerprint density at radius 2 is 1.69 bits per heavy atom. The predicted octanol–water partition coefficient (Wildman–Crippen LogP) is 3.29. The molecule has 13 heavy (non-hydrogen) atoms. The van der Waals surface area contributed by atoms with Gasteiger partial charge in [-0.05, 0) is 38.1 Å². The molecule has 1 fully saturated rings. The van der Waals surface area contributed by atoms with Gasteiger partial charge >= 0.3 is 0 Å². The highest BCUT2D eigenvalue weighted by molar-refractivity contribution is 4.76. The lowest BCUT2D eigenvalue weighted by Crippen LogP contribution is -2.06. The van der Waals surface area contributed by atoms with Crippen LogP contribution in [0, 0.1) is 12.3 Å². The van der Waals surface area contributed by atoms with E-state index in [1.165, 1.54) is 57.8 Å². The van der Waals surface area contributed by atoms with Gasteiger partial charge in [0.1, 0.15) is 0 Å². The van der Waals surface area contributed by atoms with E-state index in [4.69, 9.17) is 5.73 Å². The molecular weight excluding hydrogens is 158 g/mol. The molecule has 0 saturated heterocycles. The van der Waals surface area contributed by atoms with Crippen LogP contribution in [-0.4, -0.2) is 6.54 Å². The zero-order valence-corrected chi connectivity index (χ0v) is 8.80. The standard InChI is InChI=1S/C12H24N/c13-11-7-2-1-4-8-12-9-5-3-6-10-12/h3,12H,1-2,4-11,13H2. The Labute approximate surface area is 83.1 Å². The Hall–Kier alpha value is -0.0400. The summed E-state index contributed by atoms with van der Waals surface area (Å²) in [6, 6.07) is 0. The lowest BCUT2D eigenvalue weighted by Gasteiger charge is -2.20. The summed E-state index contributed by atoms with van der Waals surface area (Å²) in [6.07, 6.45) is 15.0. The fourth-order valence-corrected chi connectivity index (χ4v) is 2.22. The highest BCUT2D eigenvalue weighted by atomic mass is 14.5. The van der Waals surface area contributed by atoms with Crippen LogP contribution in [-0.2, 0) is 0 Å². The second-order valence-electron chi connectivity index (χ2n) is 4.30. The molecule has 0 heterocycles. The van der Waals surface area contributed by atoms with Crippen molar-refractivity contribution in [3.05, 3.63) is 6.42 Å². The number of hydrogen-bond donors (Lipinski definition) is 1. The third kappa shape index (κ3) is 5.30. The minimum absolute atomic E-state index is 0.873. The smallest absolute Gasteiger partial charge is 0.00773 e. The number of hydrogen-bond acceptors (Lipinski definition) is 1. The third-order valence-corrected chi connectivity index (χ3v) is 3.12. The van der Waals surface area contributed by atoms with E-state index in [1.807, 2.05) is 0 Å². The van der Waals surface area contributed by atoms with Crippen molar-refractivity contribution < 1.29 is 0 Å². The molecule has 0 aliphatic heterocycles. The van der Waals surface area contributed by atoms with Crippen molar-refractivity contribution in [3.8, 4) is 0 Å². The van der Waals surface area contributed by atoms with Crippen molar-refractivity contribution in [2.24, 2.45) is 11.7 Å². The second kappa shape index (κ2) is 7.37. The lowest BCUT2D eigenvalue weighted by atomic mass is 9.85. The van der Waals surface area contributed by atoms with E-state index < -0.39 is 0 Å². The predicted molar refractivity (Wildman–Crippen MR) is 58.4 cm³/mol.